The van der Waals surface area contributed by atoms with Gasteiger partial charge < -0.3 is 11.1 Å². The van der Waals surface area contributed by atoms with Gasteiger partial charge in [0.15, 0.2) is 0 Å². The first-order chi connectivity index (χ1) is 9.33. The van der Waals surface area contributed by atoms with E-state index in [1.165, 1.54) is 32.1 Å². The number of hydrogen-bond donors (Lipinski definition) is 2. The lowest BCUT2D eigenvalue weighted by atomic mass is 9.74. The molecule has 2 heterocycles. The molecule has 3 N–H and O–H groups in total. The van der Waals surface area contributed by atoms with E-state index in [1.807, 2.05) is 0 Å². The fraction of sp³-hybridized carbons (Fsp3) is 0.571. The van der Waals surface area contributed by atoms with Gasteiger partial charge in [0.05, 0.1) is 5.39 Å². The molecule has 1 saturated carbocycles. The molecule has 0 aromatic carbocycles. The van der Waals surface area contributed by atoms with Crippen molar-refractivity contribution in [1.29, 1.82) is 0 Å². The number of rotatable bonds is 4. The molecule has 3 rings (SSSR count). The predicted octanol–water partition coefficient (Wildman–Crippen LogP) is 3.01. The van der Waals surface area contributed by atoms with Crippen molar-refractivity contribution in [3.05, 3.63) is 17.8 Å². The van der Waals surface area contributed by atoms with Crippen molar-refractivity contribution >= 4 is 27.4 Å². The van der Waals surface area contributed by atoms with Crippen LogP contribution in [-0.4, -0.2) is 23.1 Å². The monoisotopic (exact) mass is 276 g/mol. The van der Waals surface area contributed by atoms with Gasteiger partial charge in [0.2, 0.25) is 0 Å². The first kappa shape index (κ1) is 12.8. The molecule has 0 amide bonds. The average Bonchev–Trinajstić information content (AvgIpc) is 2.95. The molecule has 0 atom stereocenters. The van der Waals surface area contributed by atoms with Crippen LogP contribution in [0.1, 0.15) is 32.1 Å². The summed E-state index contributed by atoms with van der Waals surface area (Å²) in [5.74, 6) is 0.949. The number of nitrogens with two attached hydrogens (primary N) is 1. The highest BCUT2D eigenvalue weighted by molar-refractivity contribution is 7.16. The van der Waals surface area contributed by atoms with Gasteiger partial charge in [-0.2, -0.15) is 0 Å². The Bertz CT molecular complexity index is 545. The van der Waals surface area contributed by atoms with E-state index in [0.717, 1.165) is 29.1 Å². The first-order valence-electron chi connectivity index (χ1n) is 6.95. The van der Waals surface area contributed by atoms with E-state index < -0.39 is 0 Å². The van der Waals surface area contributed by atoms with Gasteiger partial charge in [-0.15, -0.1) is 11.3 Å². The number of fused-ring (bicyclic) bond motifs is 1. The zero-order valence-corrected chi connectivity index (χ0v) is 11.9. The van der Waals surface area contributed by atoms with E-state index in [4.69, 9.17) is 5.73 Å². The number of anilines is 1. The molecule has 1 aliphatic rings. The van der Waals surface area contributed by atoms with Gasteiger partial charge in [0.1, 0.15) is 17.0 Å². The van der Waals surface area contributed by atoms with Crippen molar-refractivity contribution in [2.75, 3.05) is 18.4 Å². The Balaban J connectivity index is 1.76. The zero-order chi connectivity index (χ0) is 13.1. The summed E-state index contributed by atoms with van der Waals surface area (Å²) in [4.78, 5) is 9.69. The summed E-state index contributed by atoms with van der Waals surface area (Å²) >= 11 is 1.65. The maximum Gasteiger partial charge on any atom is 0.138 e. The highest BCUT2D eigenvalue weighted by atomic mass is 32.1. The van der Waals surface area contributed by atoms with Gasteiger partial charge in [0, 0.05) is 6.54 Å². The van der Waals surface area contributed by atoms with E-state index in [2.05, 4.69) is 26.7 Å². The van der Waals surface area contributed by atoms with Crippen LogP contribution in [0.15, 0.2) is 17.8 Å². The number of aromatic nitrogens is 2. The van der Waals surface area contributed by atoms with Gasteiger partial charge in [0.25, 0.3) is 0 Å². The van der Waals surface area contributed by atoms with Gasteiger partial charge in [-0.3, -0.25) is 0 Å². The van der Waals surface area contributed by atoms with Crippen molar-refractivity contribution in [2.24, 2.45) is 11.1 Å². The molecule has 102 valence electrons. The normalized spacial score (nSPS) is 18.6. The maximum absolute atomic E-state index is 6.02. The van der Waals surface area contributed by atoms with Crippen LogP contribution in [0.2, 0.25) is 0 Å². The van der Waals surface area contributed by atoms with Crippen LogP contribution in [0.4, 0.5) is 5.82 Å². The van der Waals surface area contributed by atoms with Crippen LogP contribution in [0.25, 0.3) is 10.2 Å². The molecule has 0 radical (unpaired) electrons. The molecular formula is C14H20N4S. The molecule has 0 spiro atoms. The highest BCUT2D eigenvalue weighted by Crippen LogP contribution is 2.36. The molecule has 1 fully saturated rings. The van der Waals surface area contributed by atoms with Crippen molar-refractivity contribution in [2.45, 2.75) is 32.1 Å². The van der Waals surface area contributed by atoms with Crippen molar-refractivity contribution in [3.8, 4) is 0 Å². The number of nitrogens with zero attached hydrogens (tertiary/aromatic N) is 2. The summed E-state index contributed by atoms with van der Waals surface area (Å²) in [7, 11) is 0. The van der Waals surface area contributed by atoms with Gasteiger partial charge >= 0.3 is 0 Å². The number of hydrogen-bond acceptors (Lipinski definition) is 5. The summed E-state index contributed by atoms with van der Waals surface area (Å²) in [6, 6.07) is 2.08. The fourth-order valence-corrected chi connectivity index (χ4v) is 3.69. The molecular weight excluding hydrogens is 256 g/mol. The Morgan fingerprint density at radius 1 is 1.26 bits per heavy atom. The Labute approximate surface area is 117 Å². The van der Waals surface area contributed by atoms with Crippen molar-refractivity contribution < 1.29 is 0 Å². The van der Waals surface area contributed by atoms with E-state index in [9.17, 15) is 0 Å². The molecule has 4 nitrogen and oxygen atoms in total. The molecule has 0 saturated heterocycles. The topological polar surface area (TPSA) is 63.8 Å². The summed E-state index contributed by atoms with van der Waals surface area (Å²) in [5.41, 5.74) is 6.28. The quantitative estimate of drug-likeness (QED) is 0.901. The van der Waals surface area contributed by atoms with E-state index in [-0.39, 0.29) is 5.41 Å². The van der Waals surface area contributed by atoms with Crippen LogP contribution in [0.3, 0.4) is 0 Å². The molecule has 0 bridgehead atoms. The first-order valence-corrected chi connectivity index (χ1v) is 7.83. The third-order valence-electron chi connectivity index (χ3n) is 4.24. The maximum atomic E-state index is 6.02. The van der Waals surface area contributed by atoms with Crippen LogP contribution in [0.5, 0.6) is 0 Å². The van der Waals surface area contributed by atoms with E-state index in [0.29, 0.717) is 0 Å². The molecule has 1 aliphatic carbocycles. The lowest BCUT2D eigenvalue weighted by molar-refractivity contribution is 0.215. The molecule has 2 aromatic heterocycles. The second kappa shape index (κ2) is 5.43. The smallest absolute Gasteiger partial charge is 0.138 e. The van der Waals surface area contributed by atoms with Crippen LogP contribution < -0.4 is 11.1 Å². The van der Waals surface area contributed by atoms with Crippen molar-refractivity contribution in [3.63, 3.8) is 0 Å². The second-order valence-electron chi connectivity index (χ2n) is 5.48. The van der Waals surface area contributed by atoms with E-state index >= 15 is 0 Å². The Morgan fingerprint density at radius 2 is 2.11 bits per heavy atom. The van der Waals surface area contributed by atoms with Crippen LogP contribution >= 0.6 is 11.3 Å². The lowest BCUT2D eigenvalue weighted by Crippen LogP contribution is -2.39. The Hall–Kier alpha value is -1.20. The average molecular weight is 276 g/mol. The van der Waals surface area contributed by atoms with Crippen molar-refractivity contribution in [1.82, 2.24) is 9.97 Å². The van der Waals surface area contributed by atoms with Crippen LogP contribution in [-0.2, 0) is 0 Å². The Kier molecular flexibility index (Phi) is 3.66. The summed E-state index contributed by atoms with van der Waals surface area (Å²) in [5, 5.41) is 6.69. The van der Waals surface area contributed by atoms with Gasteiger partial charge in [-0.25, -0.2) is 9.97 Å². The lowest BCUT2D eigenvalue weighted by Gasteiger charge is -2.36. The highest BCUT2D eigenvalue weighted by Gasteiger charge is 2.30. The zero-order valence-electron chi connectivity index (χ0n) is 11.1. The third kappa shape index (κ3) is 2.58. The third-order valence-corrected chi connectivity index (χ3v) is 5.06. The number of nitrogens with one attached hydrogen (secondary N) is 1. The summed E-state index contributed by atoms with van der Waals surface area (Å²) in [6.45, 7) is 1.68. The standard InChI is InChI=1S/C14H20N4S/c15-8-14(5-2-1-3-6-14)9-16-12-11-4-7-19-13(11)18-10-17-12/h4,7,10H,1-3,5-6,8-9,15H2,(H,16,17,18). The molecule has 2 aromatic rings. The summed E-state index contributed by atoms with van der Waals surface area (Å²) < 4.78 is 0. The molecule has 0 unspecified atom stereocenters. The van der Waals surface area contributed by atoms with Gasteiger partial charge in [-0.1, -0.05) is 19.3 Å². The van der Waals surface area contributed by atoms with Gasteiger partial charge in [-0.05, 0) is 36.2 Å². The minimum Gasteiger partial charge on any atom is -0.369 e. The minimum absolute atomic E-state index is 0.256. The molecule has 5 heteroatoms. The largest absolute Gasteiger partial charge is 0.369 e. The second-order valence-corrected chi connectivity index (χ2v) is 6.37. The molecule has 19 heavy (non-hydrogen) atoms. The SMILES string of the molecule is NCC1(CNc2ncnc3sccc23)CCCCC1. The summed E-state index contributed by atoms with van der Waals surface area (Å²) in [6.07, 6.45) is 8.05. The Morgan fingerprint density at radius 3 is 2.89 bits per heavy atom. The molecule has 0 aliphatic heterocycles. The minimum atomic E-state index is 0.256. The number of thiophene rings is 1. The fourth-order valence-electron chi connectivity index (χ4n) is 2.96. The van der Waals surface area contributed by atoms with Crippen LogP contribution in [0, 0.1) is 5.41 Å². The predicted molar refractivity (Wildman–Crippen MR) is 80.5 cm³/mol. The van der Waals surface area contributed by atoms with E-state index in [1.54, 1.807) is 17.7 Å².